The molecule has 0 radical (unpaired) electrons. The van der Waals surface area contributed by atoms with Crippen LogP contribution in [0.25, 0.3) is 0 Å². The molecule has 0 aromatic heterocycles. The van der Waals surface area contributed by atoms with Gasteiger partial charge in [-0.1, -0.05) is 13.0 Å². The van der Waals surface area contributed by atoms with E-state index in [1.165, 1.54) is 12.1 Å². The van der Waals surface area contributed by atoms with Gasteiger partial charge >= 0.3 is 6.18 Å². The molecule has 1 nitrogen and oxygen atoms in total. The van der Waals surface area contributed by atoms with Crippen molar-refractivity contribution in [1.82, 2.24) is 0 Å². The normalized spacial score (nSPS) is 20.5. The van der Waals surface area contributed by atoms with Crippen molar-refractivity contribution in [2.75, 3.05) is 18.0 Å². The summed E-state index contributed by atoms with van der Waals surface area (Å²) in [5.41, 5.74) is 0.162. The van der Waals surface area contributed by atoms with Crippen LogP contribution in [0.15, 0.2) is 18.2 Å². The zero-order valence-corrected chi connectivity index (χ0v) is 10.9. The Labute approximate surface area is 110 Å². The van der Waals surface area contributed by atoms with Crippen LogP contribution < -0.4 is 4.90 Å². The molecule has 100 valence electrons. The topological polar surface area (TPSA) is 3.24 Å². The van der Waals surface area contributed by atoms with Gasteiger partial charge in [-0.05, 0) is 30.0 Å². The zero-order valence-electron chi connectivity index (χ0n) is 10.1. The summed E-state index contributed by atoms with van der Waals surface area (Å²) in [4.78, 5) is 2.00. The lowest BCUT2D eigenvalue weighted by Crippen LogP contribution is -2.20. The molecular weight excluding hydrogens is 263 g/mol. The predicted octanol–water partition coefficient (Wildman–Crippen LogP) is 4.29. The van der Waals surface area contributed by atoms with Gasteiger partial charge in [-0.15, -0.1) is 11.6 Å². The van der Waals surface area contributed by atoms with Gasteiger partial charge in [-0.2, -0.15) is 13.2 Å². The Morgan fingerprint density at radius 3 is 2.61 bits per heavy atom. The Kier molecular flexibility index (Phi) is 3.76. The lowest BCUT2D eigenvalue weighted by atomic mass is 10.1. The van der Waals surface area contributed by atoms with Crippen molar-refractivity contribution in [1.29, 1.82) is 0 Å². The first-order valence-corrected chi connectivity index (χ1v) is 6.46. The molecule has 1 atom stereocenters. The first-order valence-electron chi connectivity index (χ1n) is 5.93. The van der Waals surface area contributed by atoms with Gasteiger partial charge in [0.15, 0.2) is 0 Å². The molecule has 1 aliphatic heterocycles. The fraction of sp³-hybridized carbons (Fsp3) is 0.538. The molecule has 1 aromatic rings. The van der Waals surface area contributed by atoms with Gasteiger partial charge in [0, 0.05) is 24.7 Å². The fourth-order valence-corrected chi connectivity index (χ4v) is 2.54. The van der Waals surface area contributed by atoms with Crippen molar-refractivity contribution in [3.05, 3.63) is 29.3 Å². The van der Waals surface area contributed by atoms with Gasteiger partial charge in [-0.3, -0.25) is 0 Å². The van der Waals surface area contributed by atoms with Crippen LogP contribution in [0.5, 0.6) is 0 Å². The Hall–Kier alpha value is -0.900. The quantitative estimate of drug-likeness (QED) is 0.729. The van der Waals surface area contributed by atoms with E-state index in [-0.39, 0.29) is 11.4 Å². The molecule has 1 aromatic carbocycles. The fourth-order valence-electron chi connectivity index (χ4n) is 2.31. The summed E-state index contributed by atoms with van der Waals surface area (Å²) in [7, 11) is 0. The van der Waals surface area contributed by atoms with Crippen molar-refractivity contribution < 1.29 is 13.2 Å². The number of benzene rings is 1. The second-order valence-electron chi connectivity index (χ2n) is 4.81. The molecule has 0 N–H and O–H groups in total. The summed E-state index contributed by atoms with van der Waals surface area (Å²) in [5.74, 6) is 0.415. The van der Waals surface area contributed by atoms with E-state index in [4.69, 9.17) is 11.6 Å². The number of alkyl halides is 4. The number of hydrogen-bond donors (Lipinski definition) is 0. The molecule has 1 fully saturated rings. The maximum atomic E-state index is 12.9. The van der Waals surface area contributed by atoms with E-state index in [2.05, 4.69) is 6.92 Å². The summed E-state index contributed by atoms with van der Waals surface area (Å²) >= 11 is 5.56. The molecule has 1 heterocycles. The molecule has 2 rings (SSSR count). The smallest absolute Gasteiger partial charge is 0.371 e. The average Bonchev–Trinajstić information content (AvgIpc) is 2.74. The van der Waals surface area contributed by atoms with E-state index in [1.807, 2.05) is 4.90 Å². The van der Waals surface area contributed by atoms with E-state index in [0.717, 1.165) is 19.5 Å². The SMILES string of the molecule is CC1CCN(c2ccc(CCl)c(C(F)(F)F)c2)C1. The standard InChI is InChI=1S/C13H15ClF3N/c1-9-4-5-18(8-9)11-3-2-10(7-14)12(6-11)13(15,16)17/h2-3,6,9H,4-5,7-8H2,1H3. The highest BCUT2D eigenvalue weighted by atomic mass is 35.5. The molecule has 0 aliphatic carbocycles. The number of rotatable bonds is 2. The van der Waals surface area contributed by atoms with E-state index >= 15 is 0 Å². The summed E-state index contributed by atoms with van der Waals surface area (Å²) < 4.78 is 38.7. The van der Waals surface area contributed by atoms with Crippen LogP contribution in [0, 0.1) is 5.92 Å². The Morgan fingerprint density at radius 1 is 1.39 bits per heavy atom. The van der Waals surface area contributed by atoms with E-state index < -0.39 is 11.7 Å². The third-order valence-electron chi connectivity index (χ3n) is 3.33. The summed E-state index contributed by atoms with van der Waals surface area (Å²) in [6.07, 6.45) is -3.32. The Bertz CT molecular complexity index is 431. The molecule has 1 unspecified atom stereocenters. The summed E-state index contributed by atoms with van der Waals surface area (Å²) in [6, 6.07) is 4.43. The van der Waals surface area contributed by atoms with Crippen molar-refractivity contribution in [2.45, 2.75) is 25.4 Å². The van der Waals surface area contributed by atoms with E-state index in [0.29, 0.717) is 11.6 Å². The van der Waals surface area contributed by atoms with Crippen LogP contribution in [0.3, 0.4) is 0 Å². The molecular formula is C13H15ClF3N. The zero-order chi connectivity index (χ0) is 13.3. The van der Waals surface area contributed by atoms with Crippen LogP contribution >= 0.6 is 11.6 Å². The maximum Gasteiger partial charge on any atom is 0.416 e. The largest absolute Gasteiger partial charge is 0.416 e. The van der Waals surface area contributed by atoms with Gasteiger partial charge in [0.2, 0.25) is 0 Å². The monoisotopic (exact) mass is 277 g/mol. The minimum Gasteiger partial charge on any atom is -0.371 e. The molecule has 0 amide bonds. The number of anilines is 1. The van der Waals surface area contributed by atoms with Crippen LogP contribution in [0.2, 0.25) is 0 Å². The lowest BCUT2D eigenvalue weighted by Gasteiger charge is -2.21. The van der Waals surface area contributed by atoms with Crippen molar-refractivity contribution in [2.24, 2.45) is 5.92 Å². The molecule has 0 bridgehead atoms. The van der Waals surface area contributed by atoms with Crippen LogP contribution in [0.1, 0.15) is 24.5 Å². The highest BCUT2D eigenvalue weighted by Gasteiger charge is 2.34. The summed E-state index contributed by atoms with van der Waals surface area (Å²) in [6.45, 7) is 3.74. The van der Waals surface area contributed by atoms with Gasteiger partial charge in [0.25, 0.3) is 0 Å². The van der Waals surface area contributed by atoms with Gasteiger partial charge in [0.1, 0.15) is 0 Å². The van der Waals surface area contributed by atoms with Crippen LogP contribution in [0.4, 0.5) is 18.9 Å². The van der Waals surface area contributed by atoms with Gasteiger partial charge < -0.3 is 4.90 Å². The minimum absolute atomic E-state index is 0.120. The third-order valence-corrected chi connectivity index (χ3v) is 3.62. The molecule has 5 heteroatoms. The number of halogens is 4. The second-order valence-corrected chi connectivity index (χ2v) is 5.08. The molecule has 1 saturated heterocycles. The van der Waals surface area contributed by atoms with Gasteiger partial charge in [-0.25, -0.2) is 0 Å². The number of nitrogens with zero attached hydrogens (tertiary/aromatic N) is 1. The van der Waals surface area contributed by atoms with E-state index in [1.54, 1.807) is 6.07 Å². The maximum absolute atomic E-state index is 12.9. The van der Waals surface area contributed by atoms with Crippen molar-refractivity contribution >= 4 is 17.3 Å². The highest BCUT2D eigenvalue weighted by molar-refractivity contribution is 6.17. The molecule has 1 aliphatic rings. The van der Waals surface area contributed by atoms with Crippen LogP contribution in [-0.2, 0) is 12.1 Å². The van der Waals surface area contributed by atoms with Crippen LogP contribution in [-0.4, -0.2) is 13.1 Å². The van der Waals surface area contributed by atoms with Crippen molar-refractivity contribution in [3.8, 4) is 0 Å². The third kappa shape index (κ3) is 2.74. The molecule has 0 spiro atoms. The molecule has 18 heavy (non-hydrogen) atoms. The Morgan fingerprint density at radius 2 is 2.11 bits per heavy atom. The first kappa shape index (κ1) is 13.5. The Balaban J connectivity index is 2.34. The number of hydrogen-bond acceptors (Lipinski definition) is 1. The first-order chi connectivity index (χ1) is 8.41. The lowest BCUT2D eigenvalue weighted by molar-refractivity contribution is -0.138. The minimum atomic E-state index is -4.34. The van der Waals surface area contributed by atoms with Gasteiger partial charge in [0.05, 0.1) is 5.56 Å². The second kappa shape index (κ2) is 5.00. The predicted molar refractivity (Wildman–Crippen MR) is 67.0 cm³/mol. The van der Waals surface area contributed by atoms with Crippen molar-refractivity contribution in [3.63, 3.8) is 0 Å². The van der Waals surface area contributed by atoms with E-state index in [9.17, 15) is 13.2 Å². The average molecular weight is 278 g/mol. The highest BCUT2D eigenvalue weighted by Crippen LogP contribution is 2.36. The molecule has 0 saturated carbocycles. The summed E-state index contributed by atoms with van der Waals surface area (Å²) in [5, 5.41) is 0.